The largest absolute Gasteiger partial charge is 0.368 e. The topological polar surface area (TPSA) is 49.3 Å². The minimum absolute atomic E-state index is 0.0908. The monoisotopic (exact) mass is 422 g/mol. The fourth-order valence-electron chi connectivity index (χ4n) is 3.39. The number of carbonyl (C=O) groups excluding carboxylic acids is 1. The lowest BCUT2D eigenvalue weighted by Crippen LogP contribution is -2.46. The van der Waals surface area contributed by atoms with Crippen LogP contribution < -0.4 is 9.80 Å². The van der Waals surface area contributed by atoms with Gasteiger partial charge in [-0.25, -0.2) is 14.4 Å². The minimum atomic E-state index is -0.218. The third-order valence-corrected chi connectivity index (χ3v) is 6.07. The Morgan fingerprint density at radius 2 is 1.63 bits per heavy atom. The maximum absolute atomic E-state index is 13.1. The molecule has 0 bridgehead atoms. The second-order valence-corrected chi connectivity index (χ2v) is 8.24. The molecule has 0 atom stereocenters. The number of Topliss-reactive ketones (excluding diaryl/α,β-unsaturated/α-hetero) is 1. The van der Waals surface area contributed by atoms with Gasteiger partial charge in [0.25, 0.3) is 0 Å². The van der Waals surface area contributed by atoms with Crippen LogP contribution in [0.15, 0.2) is 66.0 Å². The van der Waals surface area contributed by atoms with Crippen LogP contribution in [0.5, 0.6) is 0 Å². The molecule has 1 aliphatic heterocycles. The van der Waals surface area contributed by atoms with Gasteiger partial charge >= 0.3 is 0 Å². The van der Waals surface area contributed by atoms with Gasteiger partial charge in [0.2, 0.25) is 0 Å². The van der Waals surface area contributed by atoms with E-state index in [-0.39, 0.29) is 11.6 Å². The highest BCUT2D eigenvalue weighted by molar-refractivity contribution is 7.99. The third kappa shape index (κ3) is 4.97. The number of nitrogens with zero attached hydrogens (tertiary/aromatic N) is 4. The number of thioether (sulfide) groups is 1. The summed E-state index contributed by atoms with van der Waals surface area (Å²) in [4.78, 5) is 25.6. The molecule has 2 aromatic carbocycles. The second kappa shape index (κ2) is 9.26. The first kappa shape index (κ1) is 20.3. The summed E-state index contributed by atoms with van der Waals surface area (Å²) in [6.45, 7) is 5.32. The van der Waals surface area contributed by atoms with Gasteiger partial charge in [-0.1, -0.05) is 41.6 Å². The molecule has 1 aliphatic rings. The summed E-state index contributed by atoms with van der Waals surface area (Å²) in [5, 5.41) is 0.793. The summed E-state index contributed by atoms with van der Waals surface area (Å²) in [7, 11) is 0. The van der Waals surface area contributed by atoms with E-state index in [1.807, 2.05) is 49.4 Å². The van der Waals surface area contributed by atoms with Crippen molar-refractivity contribution in [3.63, 3.8) is 0 Å². The van der Waals surface area contributed by atoms with Gasteiger partial charge in [0, 0.05) is 43.5 Å². The van der Waals surface area contributed by atoms with Crippen molar-refractivity contribution in [2.75, 3.05) is 41.7 Å². The zero-order valence-corrected chi connectivity index (χ0v) is 17.6. The van der Waals surface area contributed by atoms with Crippen molar-refractivity contribution < 1.29 is 9.18 Å². The van der Waals surface area contributed by atoms with E-state index in [4.69, 9.17) is 0 Å². The van der Waals surface area contributed by atoms with Crippen molar-refractivity contribution in [2.24, 2.45) is 0 Å². The van der Waals surface area contributed by atoms with Gasteiger partial charge in [0.1, 0.15) is 23.0 Å². The zero-order valence-electron chi connectivity index (χ0n) is 16.8. The molecule has 7 heteroatoms. The summed E-state index contributed by atoms with van der Waals surface area (Å²) < 4.78 is 13.1. The summed E-state index contributed by atoms with van der Waals surface area (Å²) in [6, 6.07) is 16.2. The van der Waals surface area contributed by atoms with Crippen LogP contribution in [0, 0.1) is 12.7 Å². The molecule has 1 aromatic heterocycles. The summed E-state index contributed by atoms with van der Waals surface area (Å²) in [5.74, 6) is 1.09. The molecule has 0 unspecified atom stereocenters. The molecule has 0 amide bonds. The highest BCUT2D eigenvalue weighted by Crippen LogP contribution is 2.23. The quantitative estimate of drug-likeness (QED) is 0.337. The molecule has 5 nitrogen and oxygen atoms in total. The first-order valence-electron chi connectivity index (χ1n) is 9.89. The predicted molar refractivity (Wildman–Crippen MR) is 119 cm³/mol. The number of aryl methyl sites for hydroxylation is 1. The third-order valence-electron chi connectivity index (χ3n) is 5.15. The Hall–Kier alpha value is -2.93. The van der Waals surface area contributed by atoms with E-state index in [9.17, 15) is 9.18 Å². The molecular weight excluding hydrogens is 399 g/mol. The fraction of sp³-hybridized carbons (Fsp3) is 0.261. The van der Waals surface area contributed by atoms with E-state index in [1.54, 1.807) is 6.33 Å². The number of anilines is 2. The van der Waals surface area contributed by atoms with Crippen LogP contribution in [0.4, 0.5) is 15.9 Å². The highest BCUT2D eigenvalue weighted by Gasteiger charge is 2.19. The molecule has 0 spiro atoms. The zero-order chi connectivity index (χ0) is 20.9. The van der Waals surface area contributed by atoms with Crippen molar-refractivity contribution in [1.82, 2.24) is 9.97 Å². The Kier molecular flexibility index (Phi) is 6.28. The van der Waals surface area contributed by atoms with Gasteiger partial charge in [-0.2, -0.15) is 0 Å². The lowest BCUT2D eigenvalue weighted by molar-refractivity contribution is 0.102. The molecule has 154 valence electrons. The van der Waals surface area contributed by atoms with Crippen LogP contribution in [0.3, 0.4) is 0 Å². The molecule has 0 N–H and O–H groups in total. The van der Waals surface area contributed by atoms with Gasteiger partial charge in [-0.15, -0.1) is 0 Å². The number of hydrogen-bond acceptors (Lipinski definition) is 6. The van der Waals surface area contributed by atoms with Crippen LogP contribution >= 0.6 is 11.8 Å². The Morgan fingerprint density at radius 1 is 0.967 bits per heavy atom. The van der Waals surface area contributed by atoms with E-state index in [2.05, 4.69) is 19.8 Å². The molecular formula is C23H23FN4OS. The number of benzene rings is 2. The van der Waals surface area contributed by atoms with Crippen molar-refractivity contribution in [3.8, 4) is 0 Å². The normalized spacial score (nSPS) is 14.1. The molecule has 1 saturated heterocycles. The lowest BCUT2D eigenvalue weighted by Gasteiger charge is -2.36. The van der Waals surface area contributed by atoms with Crippen LogP contribution in [0.25, 0.3) is 0 Å². The lowest BCUT2D eigenvalue weighted by atomic mass is 10.1. The van der Waals surface area contributed by atoms with Gasteiger partial charge in [-0.05, 0) is 31.2 Å². The summed E-state index contributed by atoms with van der Waals surface area (Å²) in [6.07, 6.45) is 1.56. The predicted octanol–water partition coefficient (Wildman–Crippen LogP) is 4.23. The number of ketones is 1. The van der Waals surface area contributed by atoms with Gasteiger partial charge in [0.15, 0.2) is 5.78 Å². The molecule has 3 aromatic rings. The molecule has 4 rings (SSSR count). The standard InChI is InChI=1S/C23H23FN4OS/c1-17-2-4-18(5-3-17)21(29)15-30-23-14-22(25-16-26-23)28-12-10-27(11-13-28)20-8-6-19(24)7-9-20/h2-9,14,16H,10-13,15H2,1H3. The minimum Gasteiger partial charge on any atom is -0.368 e. The number of aromatic nitrogens is 2. The van der Waals surface area contributed by atoms with Crippen LogP contribution in [0.2, 0.25) is 0 Å². The van der Waals surface area contributed by atoms with Gasteiger partial charge < -0.3 is 9.80 Å². The van der Waals surface area contributed by atoms with Crippen molar-refractivity contribution in [2.45, 2.75) is 11.9 Å². The molecule has 30 heavy (non-hydrogen) atoms. The maximum atomic E-state index is 13.1. The van der Waals surface area contributed by atoms with Crippen molar-refractivity contribution in [1.29, 1.82) is 0 Å². The second-order valence-electron chi connectivity index (χ2n) is 7.24. The first-order valence-corrected chi connectivity index (χ1v) is 10.9. The SMILES string of the molecule is Cc1ccc(C(=O)CSc2cc(N3CCN(c4ccc(F)cc4)CC3)ncn2)cc1. The van der Waals surface area contributed by atoms with Crippen LogP contribution in [0.1, 0.15) is 15.9 Å². The Morgan fingerprint density at radius 3 is 2.33 bits per heavy atom. The number of carbonyl (C=O) groups is 1. The molecule has 0 aliphatic carbocycles. The van der Waals surface area contributed by atoms with E-state index >= 15 is 0 Å². The number of rotatable bonds is 6. The average Bonchev–Trinajstić information content (AvgIpc) is 2.79. The van der Waals surface area contributed by atoms with E-state index < -0.39 is 0 Å². The van der Waals surface area contributed by atoms with E-state index in [1.165, 1.54) is 23.9 Å². The molecule has 0 saturated carbocycles. The van der Waals surface area contributed by atoms with E-state index in [0.29, 0.717) is 5.75 Å². The van der Waals surface area contributed by atoms with Crippen molar-refractivity contribution >= 4 is 29.1 Å². The number of halogens is 1. The van der Waals surface area contributed by atoms with E-state index in [0.717, 1.165) is 53.8 Å². The summed E-state index contributed by atoms with van der Waals surface area (Å²) >= 11 is 1.43. The first-order chi connectivity index (χ1) is 14.6. The Labute approximate surface area is 180 Å². The van der Waals surface area contributed by atoms with Crippen LogP contribution in [-0.4, -0.2) is 47.7 Å². The fourth-order valence-corrected chi connectivity index (χ4v) is 4.15. The molecule has 0 radical (unpaired) electrons. The maximum Gasteiger partial charge on any atom is 0.173 e. The highest BCUT2D eigenvalue weighted by atomic mass is 32.2. The van der Waals surface area contributed by atoms with Crippen LogP contribution in [-0.2, 0) is 0 Å². The van der Waals surface area contributed by atoms with Gasteiger partial charge in [0.05, 0.1) is 5.75 Å². The summed E-state index contributed by atoms with van der Waals surface area (Å²) in [5.41, 5.74) is 2.89. The molecule has 2 heterocycles. The van der Waals surface area contributed by atoms with Crippen molar-refractivity contribution in [3.05, 3.63) is 77.9 Å². The number of piperazine rings is 1. The number of hydrogen-bond donors (Lipinski definition) is 0. The molecule has 1 fully saturated rings. The Balaban J connectivity index is 1.34. The average molecular weight is 423 g/mol. The smallest absolute Gasteiger partial charge is 0.173 e. The van der Waals surface area contributed by atoms with Gasteiger partial charge in [-0.3, -0.25) is 4.79 Å². The Bertz CT molecular complexity index is 1000.